The number of fused-ring (bicyclic) bond motifs is 1. The van der Waals surface area contributed by atoms with Crippen molar-refractivity contribution in [3.8, 4) is 0 Å². The number of nitrogens with one attached hydrogen (secondary N) is 3. The molecule has 140 valence electrons. The molecule has 3 rings (SSSR count). The van der Waals surface area contributed by atoms with E-state index in [0.717, 1.165) is 48.7 Å². The van der Waals surface area contributed by atoms with Crippen LogP contribution in [0, 0.1) is 0 Å². The number of hydrogen-bond donors (Lipinski definition) is 3. The van der Waals surface area contributed by atoms with Crippen LogP contribution in [0.3, 0.4) is 0 Å². The van der Waals surface area contributed by atoms with Crippen molar-refractivity contribution in [2.75, 3.05) is 20.1 Å². The first-order valence-electron chi connectivity index (χ1n) is 8.68. The molecule has 0 fully saturated rings. The first-order chi connectivity index (χ1) is 12.3. The quantitative estimate of drug-likeness (QED) is 0.205. The normalized spacial score (nSPS) is 12.6. The van der Waals surface area contributed by atoms with Crippen LogP contribution in [0.2, 0.25) is 0 Å². The maximum Gasteiger partial charge on any atom is 0.190 e. The maximum atomic E-state index is 4.61. The molecule has 3 N–H and O–H groups in total. The number of aromatic amines is 1. The van der Waals surface area contributed by atoms with E-state index < -0.39 is 0 Å². The Morgan fingerprint density at radius 3 is 2.81 bits per heavy atom. The van der Waals surface area contributed by atoms with E-state index in [1.807, 2.05) is 25.2 Å². The van der Waals surface area contributed by atoms with E-state index in [4.69, 9.17) is 0 Å². The smallest absolute Gasteiger partial charge is 0.190 e. The third kappa shape index (κ3) is 5.70. The zero-order valence-corrected chi connectivity index (χ0v) is 18.3. The fraction of sp³-hybridized carbons (Fsp3) is 0.368. The molecule has 0 radical (unpaired) electrons. The summed E-state index contributed by atoms with van der Waals surface area (Å²) in [6.07, 6.45) is 1.92. The summed E-state index contributed by atoms with van der Waals surface area (Å²) >= 11 is 1.80. The molecule has 0 aliphatic carbocycles. The molecule has 26 heavy (non-hydrogen) atoms. The fourth-order valence-electron chi connectivity index (χ4n) is 2.73. The number of imidazole rings is 1. The lowest BCUT2D eigenvalue weighted by Gasteiger charge is -2.15. The van der Waals surface area contributed by atoms with Crippen LogP contribution in [0.4, 0.5) is 0 Å². The summed E-state index contributed by atoms with van der Waals surface area (Å²) in [5.74, 6) is 2.37. The molecular formula is C19H26IN5S. The van der Waals surface area contributed by atoms with E-state index >= 15 is 0 Å². The van der Waals surface area contributed by atoms with Crippen LogP contribution in [0.1, 0.15) is 30.0 Å². The van der Waals surface area contributed by atoms with Gasteiger partial charge in [-0.3, -0.25) is 4.99 Å². The summed E-state index contributed by atoms with van der Waals surface area (Å²) < 4.78 is 0. The number of benzene rings is 1. The average Bonchev–Trinajstić information content (AvgIpc) is 3.30. The van der Waals surface area contributed by atoms with Crippen molar-refractivity contribution < 1.29 is 0 Å². The standard InChI is InChI=1S/C19H25N5S.HI/c1-14(17-9-6-12-25-17)13-22-19(20-2)21-11-5-10-18-23-15-7-3-4-8-16(15)24-18;/h3-4,6-9,12,14H,5,10-11,13H2,1-2H3,(H,23,24)(H2,20,21,22);1H. The Kier molecular flexibility index (Phi) is 8.37. The Labute approximate surface area is 175 Å². The van der Waals surface area contributed by atoms with Crippen LogP contribution in [0.25, 0.3) is 11.0 Å². The van der Waals surface area contributed by atoms with Gasteiger partial charge in [-0.15, -0.1) is 35.3 Å². The second kappa shape index (κ2) is 10.5. The Morgan fingerprint density at radius 1 is 1.23 bits per heavy atom. The molecule has 1 atom stereocenters. The van der Waals surface area contributed by atoms with E-state index in [1.54, 1.807) is 11.3 Å². The van der Waals surface area contributed by atoms with Crippen molar-refractivity contribution in [2.45, 2.75) is 25.7 Å². The van der Waals surface area contributed by atoms with Crippen LogP contribution in [-0.4, -0.2) is 36.1 Å². The van der Waals surface area contributed by atoms with Crippen molar-refractivity contribution in [3.63, 3.8) is 0 Å². The largest absolute Gasteiger partial charge is 0.356 e. The molecule has 0 aliphatic rings. The van der Waals surface area contributed by atoms with Crippen molar-refractivity contribution >= 4 is 52.3 Å². The van der Waals surface area contributed by atoms with Crippen LogP contribution in [-0.2, 0) is 6.42 Å². The minimum Gasteiger partial charge on any atom is -0.356 e. The number of nitrogens with zero attached hydrogens (tertiary/aromatic N) is 2. The highest BCUT2D eigenvalue weighted by atomic mass is 127. The molecule has 0 spiro atoms. The first-order valence-corrected chi connectivity index (χ1v) is 9.56. The van der Waals surface area contributed by atoms with Gasteiger partial charge in [-0.1, -0.05) is 25.1 Å². The number of H-pyrrole nitrogens is 1. The van der Waals surface area contributed by atoms with Crippen molar-refractivity contribution in [1.82, 2.24) is 20.6 Å². The van der Waals surface area contributed by atoms with Gasteiger partial charge in [0.25, 0.3) is 0 Å². The minimum atomic E-state index is 0. The predicted octanol–water partition coefficient (Wildman–Crippen LogP) is 4.14. The monoisotopic (exact) mass is 483 g/mol. The van der Waals surface area contributed by atoms with Gasteiger partial charge < -0.3 is 15.6 Å². The van der Waals surface area contributed by atoms with Gasteiger partial charge in [-0.05, 0) is 30.0 Å². The van der Waals surface area contributed by atoms with Gasteiger partial charge in [0.1, 0.15) is 5.82 Å². The topological polar surface area (TPSA) is 65.1 Å². The number of guanidine groups is 1. The molecule has 0 aliphatic heterocycles. The summed E-state index contributed by atoms with van der Waals surface area (Å²) in [5, 5.41) is 8.90. The molecule has 5 nitrogen and oxygen atoms in total. The Bertz CT molecular complexity index is 779. The maximum absolute atomic E-state index is 4.61. The molecule has 0 saturated heterocycles. The number of hydrogen-bond acceptors (Lipinski definition) is 3. The molecule has 1 unspecified atom stereocenters. The van der Waals surface area contributed by atoms with Gasteiger partial charge >= 0.3 is 0 Å². The van der Waals surface area contributed by atoms with Gasteiger partial charge in [0.05, 0.1) is 11.0 Å². The average molecular weight is 483 g/mol. The van der Waals surface area contributed by atoms with Gasteiger partial charge in [-0.2, -0.15) is 0 Å². The van der Waals surface area contributed by atoms with Crippen LogP contribution >= 0.6 is 35.3 Å². The molecule has 0 bridgehead atoms. The van der Waals surface area contributed by atoms with E-state index in [9.17, 15) is 0 Å². The lowest BCUT2D eigenvalue weighted by atomic mass is 10.1. The van der Waals surface area contributed by atoms with Crippen molar-refractivity contribution in [2.24, 2.45) is 4.99 Å². The van der Waals surface area contributed by atoms with E-state index in [0.29, 0.717) is 5.92 Å². The molecule has 7 heteroatoms. The van der Waals surface area contributed by atoms with Crippen LogP contribution in [0.15, 0.2) is 46.8 Å². The highest BCUT2D eigenvalue weighted by molar-refractivity contribution is 14.0. The predicted molar refractivity (Wildman–Crippen MR) is 122 cm³/mol. The zero-order valence-electron chi connectivity index (χ0n) is 15.2. The third-order valence-corrected chi connectivity index (χ3v) is 5.25. The number of thiophene rings is 1. The second-order valence-corrected chi connectivity index (χ2v) is 7.08. The van der Waals surface area contributed by atoms with Gasteiger partial charge in [0.15, 0.2) is 5.96 Å². The third-order valence-electron chi connectivity index (χ3n) is 4.15. The Hall–Kier alpha value is -1.61. The number of aromatic nitrogens is 2. The van der Waals surface area contributed by atoms with Crippen LogP contribution < -0.4 is 10.6 Å². The molecule has 2 heterocycles. The number of aliphatic imine (C=N–C) groups is 1. The van der Waals surface area contributed by atoms with Crippen LogP contribution in [0.5, 0.6) is 0 Å². The molecule has 0 amide bonds. The Balaban J connectivity index is 0.00000243. The SMILES string of the molecule is CN=C(NCCCc1nc2ccccc2[nH]1)NCC(C)c1cccs1.I. The molecular weight excluding hydrogens is 457 g/mol. The lowest BCUT2D eigenvalue weighted by molar-refractivity contribution is 0.690. The molecule has 3 aromatic rings. The van der Waals surface area contributed by atoms with E-state index in [1.165, 1.54) is 4.88 Å². The Morgan fingerprint density at radius 2 is 2.08 bits per heavy atom. The number of halogens is 1. The second-order valence-electron chi connectivity index (χ2n) is 6.10. The van der Waals surface area contributed by atoms with Gasteiger partial charge in [0, 0.05) is 37.4 Å². The summed E-state index contributed by atoms with van der Waals surface area (Å²) in [6.45, 7) is 3.97. The van der Waals surface area contributed by atoms with E-state index in [-0.39, 0.29) is 24.0 Å². The number of para-hydroxylation sites is 2. The van der Waals surface area contributed by atoms with Gasteiger partial charge in [-0.25, -0.2) is 4.98 Å². The molecule has 0 saturated carbocycles. The minimum absolute atomic E-state index is 0. The lowest BCUT2D eigenvalue weighted by Crippen LogP contribution is -2.39. The van der Waals surface area contributed by atoms with Crippen molar-refractivity contribution in [1.29, 1.82) is 0 Å². The summed E-state index contributed by atoms with van der Waals surface area (Å²) in [4.78, 5) is 13.7. The molecule has 1 aromatic carbocycles. The fourth-order valence-corrected chi connectivity index (χ4v) is 3.52. The summed E-state index contributed by atoms with van der Waals surface area (Å²) in [5.41, 5.74) is 2.14. The highest BCUT2D eigenvalue weighted by Gasteiger charge is 2.07. The molecule has 2 aromatic heterocycles. The van der Waals surface area contributed by atoms with E-state index in [2.05, 4.69) is 56.1 Å². The number of rotatable bonds is 7. The summed E-state index contributed by atoms with van der Waals surface area (Å²) in [6, 6.07) is 12.4. The van der Waals surface area contributed by atoms with Gasteiger partial charge in [0.2, 0.25) is 0 Å². The first kappa shape index (κ1) is 20.7. The number of aryl methyl sites for hydroxylation is 1. The summed E-state index contributed by atoms with van der Waals surface area (Å²) in [7, 11) is 1.81. The highest BCUT2D eigenvalue weighted by Crippen LogP contribution is 2.19. The van der Waals surface area contributed by atoms with Crippen molar-refractivity contribution in [3.05, 3.63) is 52.5 Å². The zero-order chi connectivity index (χ0) is 17.5.